The number of hydrogen-bond donors (Lipinski definition) is 3. The Labute approximate surface area is 260 Å². The molecule has 2 aliphatic heterocycles. The Bertz CT molecular complexity index is 1570. The maximum absolute atomic E-state index is 13.9. The summed E-state index contributed by atoms with van der Waals surface area (Å²) in [6.07, 6.45) is 2.01. The number of halogens is 1. The lowest BCUT2D eigenvalue weighted by molar-refractivity contribution is -0.142. The standard InChI is InChI=1S/C28H34ClN9O5S/c29-22-8-9-24(38-19-32-34-35-38)21(15-22)17-31-27(40)25-7-4-12-37(25)28(41)23(16-26(39)36-13-10-30-11-14-36)33-44(42,43)18-20-5-2-1-3-6-20/h1-3,5-6,8-9,15,19,23,25,30,33H,4,7,10-14,16-18H2,(H,31,40)/t23-,25+/m1/s1. The van der Waals surface area contributed by atoms with Crippen molar-refractivity contribution in [2.45, 2.75) is 43.6 Å². The maximum atomic E-state index is 13.9. The van der Waals surface area contributed by atoms with Gasteiger partial charge in [-0.1, -0.05) is 41.9 Å². The molecule has 3 N–H and O–H groups in total. The number of amides is 3. The van der Waals surface area contributed by atoms with E-state index in [1.54, 1.807) is 53.4 Å². The van der Waals surface area contributed by atoms with Gasteiger partial charge in [0.25, 0.3) is 0 Å². The number of carbonyl (C=O) groups excluding carboxylic acids is 3. The lowest BCUT2D eigenvalue weighted by atomic mass is 10.1. The van der Waals surface area contributed by atoms with Gasteiger partial charge in [-0.15, -0.1) is 5.10 Å². The summed E-state index contributed by atoms with van der Waals surface area (Å²) in [5, 5.41) is 17.7. The molecule has 0 unspecified atom stereocenters. The molecule has 1 aromatic heterocycles. The van der Waals surface area contributed by atoms with Gasteiger partial charge in [-0.05, 0) is 52.6 Å². The number of nitrogens with zero attached hydrogens (tertiary/aromatic N) is 6. The molecule has 3 amide bonds. The largest absolute Gasteiger partial charge is 0.350 e. The first-order valence-corrected chi connectivity index (χ1v) is 16.4. The average molecular weight is 644 g/mol. The first-order valence-electron chi connectivity index (χ1n) is 14.3. The summed E-state index contributed by atoms with van der Waals surface area (Å²) >= 11 is 6.20. The van der Waals surface area contributed by atoms with Crippen LogP contribution in [0.5, 0.6) is 0 Å². The van der Waals surface area contributed by atoms with Gasteiger partial charge in [0.15, 0.2) is 0 Å². The summed E-state index contributed by atoms with van der Waals surface area (Å²) in [4.78, 5) is 43.5. The fraction of sp³-hybridized carbons (Fsp3) is 0.429. The summed E-state index contributed by atoms with van der Waals surface area (Å²) in [5.74, 6) is -1.70. The Kier molecular flexibility index (Phi) is 10.2. The van der Waals surface area contributed by atoms with Gasteiger partial charge < -0.3 is 20.4 Å². The molecule has 0 spiro atoms. The second kappa shape index (κ2) is 14.2. The summed E-state index contributed by atoms with van der Waals surface area (Å²) < 4.78 is 30.3. The van der Waals surface area contributed by atoms with Crippen LogP contribution in [0.15, 0.2) is 54.9 Å². The number of sulfonamides is 1. The van der Waals surface area contributed by atoms with Gasteiger partial charge in [0.05, 0.1) is 17.9 Å². The normalized spacial score (nSPS) is 17.8. The highest BCUT2D eigenvalue weighted by Crippen LogP contribution is 2.22. The van der Waals surface area contributed by atoms with Crippen LogP contribution < -0.4 is 15.4 Å². The second-order valence-electron chi connectivity index (χ2n) is 10.7. The van der Waals surface area contributed by atoms with Crippen LogP contribution in [-0.2, 0) is 36.7 Å². The molecule has 2 saturated heterocycles. The van der Waals surface area contributed by atoms with Gasteiger partial charge in [-0.25, -0.2) is 17.8 Å². The Morgan fingerprint density at radius 1 is 1.07 bits per heavy atom. The minimum atomic E-state index is -4.01. The monoisotopic (exact) mass is 643 g/mol. The maximum Gasteiger partial charge on any atom is 0.243 e. The van der Waals surface area contributed by atoms with E-state index >= 15 is 0 Å². The number of piperazine rings is 1. The van der Waals surface area contributed by atoms with Crippen molar-refractivity contribution in [1.82, 2.24) is 45.4 Å². The van der Waals surface area contributed by atoms with Gasteiger partial charge in [-0.2, -0.15) is 0 Å². The van der Waals surface area contributed by atoms with Crippen LogP contribution in [0.4, 0.5) is 0 Å². The molecule has 3 heterocycles. The van der Waals surface area contributed by atoms with Crippen LogP contribution in [0.2, 0.25) is 5.02 Å². The molecule has 14 nitrogen and oxygen atoms in total. The van der Waals surface area contributed by atoms with Crippen LogP contribution in [0.25, 0.3) is 5.69 Å². The minimum absolute atomic E-state index is 0.0851. The Morgan fingerprint density at radius 2 is 1.84 bits per heavy atom. The zero-order valence-corrected chi connectivity index (χ0v) is 25.5. The van der Waals surface area contributed by atoms with Crippen molar-refractivity contribution in [2.24, 2.45) is 0 Å². The highest BCUT2D eigenvalue weighted by atomic mass is 35.5. The van der Waals surface area contributed by atoms with Crippen LogP contribution >= 0.6 is 11.6 Å². The molecule has 2 aliphatic rings. The van der Waals surface area contributed by atoms with Gasteiger partial charge in [0.2, 0.25) is 27.7 Å². The highest BCUT2D eigenvalue weighted by molar-refractivity contribution is 7.88. The SMILES string of the molecule is O=C(NCc1cc(Cl)ccc1-n1cnnn1)[C@@H]1CCCN1C(=O)[C@@H](CC(=O)N1CCNCC1)NS(=O)(=O)Cc1ccccc1. The average Bonchev–Trinajstić information content (AvgIpc) is 3.73. The summed E-state index contributed by atoms with van der Waals surface area (Å²) in [6.45, 7) is 2.48. The number of carbonyl (C=O) groups is 3. The molecule has 5 rings (SSSR count). The lowest BCUT2D eigenvalue weighted by Gasteiger charge is -2.31. The van der Waals surface area contributed by atoms with Gasteiger partial charge in [0.1, 0.15) is 18.4 Å². The fourth-order valence-corrected chi connectivity index (χ4v) is 6.97. The van der Waals surface area contributed by atoms with Gasteiger partial charge in [-0.3, -0.25) is 14.4 Å². The first-order chi connectivity index (χ1) is 21.2. The zero-order valence-electron chi connectivity index (χ0n) is 23.9. The molecule has 0 bridgehead atoms. The number of aromatic nitrogens is 4. The van der Waals surface area contributed by atoms with Crippen LogP contribution in [0.1, 0.15) is 30.4 Å². The van der Waals surface area contributed by atoms with Crippen molar-refractivity contribution >= 4 is 39.3 Å². The Hall–Kier alpha value is -3.92. The van der Waals surface area contributed by atoms with Crippen LogP contribution in [-0.4, -0.2) is 101 Å². The molecule has 3 aromatic rings. The fourth-order valence-electron chi connectivity index (χ4n) is 5.44. The lowest BCUT2D eigenvalue weighted by Crippen LogP contribution is -2.55. The Morgan fingerprint density at radius 3 is 2.57 bits per heavy atom. The molecule has 2 atom stereocenters. The third kappa shape index (κ3) is 7.96. The third-order valence-electron chi connectivity index (χ3n) is 7.60. The predicted octanol–water partition coefficient (Wildman–Crippen LogP) is 0.233. The van der Waals surface area contributed by atoms with E-state index in [1.807, 2.05) is 0 Å². The van der Waals surface area contributed by atoms with E-state index in [9.17, 15) is 22.8 Å². The molecule has 44 heavy (non-hydrogen) atoms. The number of rotatable bonds is 11. The molecule has 0 radical (unpaired) electrons. The zero-order chi connectivity index (χ0) is 31.1. The van der Waals surface area contributed by atoms with Crippen molar-refractivity contribution < 1.29 is 22.8 Å². The van der Waals surface area contributed by atoms with Crippen molar-refractivity contribution in [3.8, 4) is 5.69 Å². The number of hydrogen-bond acceptors (Lipinski definition) is 9. The van der Waals surface area contributed by atoms with E-state index in [-0.39, 0.29) is 31.2 Å². The topological polar surface area (TPSA) is 172 Å². The van der Waals surface area contributed by atoms with Crippen molar-refractivity contribution in [2.75, 3.05) is 32.7 Å². The molecule has 16 heteroatoms. The van der Waals surface area contributed by atoms with E-state index in [2.05, 4.69) is 30.9 Å². The van der Waals surface area contributed by atoms with E-state index in [0.29, 0.717) is 60.9 Å². The quantitative estimate of drug-likeness (QED) is 0.265. The second-order valence-corrected chi connectivity index (χ2v) is 12.9. The molecular formula is C28H34ClN9O5S. The smallest absolute Gasteiger partial charge is 0.243 e. The number of tetrazole rings is 1. The summed E-state index contributed by atoms with van der Waals surface area (Å²) in [5.41, 5.74) is 1.82. The van der Waals surface area contributed by atoms with E-state index in [4.69, 9.17) is 11.6 Å². The van der Waals surface area contributed by atoms with E-state index < -0.39 is 33.9 Å². The highest BCUT2D eigenvalue weighted by Gasteiger charge is 2.39. The first kappa shape index (κ1) is 31.5. The predicted molar refractivity (Wildman–Crippen MR) is 161 cm³/mol. The van der Waals surface area contributed by atoms with Gasteiger partial charge in [0, 0.05) is 44.3 Å². The minimum Gasteiger partial charge on any atom is -0.350 e. The molecule has 0 aliphatic carbocycles. The Balaban J connectivity index is 1.31. The van der Waals surface area contributed by atoms with Crippen LogP contribution in [0.3, 0.4) is 0 Å². The molecule has 2 aromatic carbocycles. The molecule has 0 saturated carbocycles. The van der Waals surface area contributed by atoms with E-state index in [1.165, 1.54) is 15.9 Å². The van der Waals surface area contributed by atoms with Crippen molar-refractivity contribution in [1.29, 1.82) is 0 Å². The number of likely N-dealkylation sites (tertiary alicyclic amines) is 1. The number of benzene rings is 2. The van der Waals surface area contributed by atoms with Gasteiger partial charge >= 0.3 is 0 Å². The molecular weight excluding hydrogens is 610 g/mol. The molecule has 2 fully saturated rings. The molecule has 234 valence electrons. The summed E-state index contributed by atoms with van der Waals surface area (Å²) in [6, 6.07) is 11.5. The number of nitrogens with one attached hydrogen (secondary N) is 3. The van der Waals surface area contributed by atoms with E-state index in [0.717, 1.165) is 0 Å². The summed E-state index contributed by atoms with van der Waals surface area (Å²) in [7, 11) is -4.01. The van der Waals surface area contributed by atoms with Crippen LogP contribution in [0, 0.1) is 0 Å². The van der Waals surface area contributed by atoms with Crippen molar-refractivity contribution in [3.63, 3.8) is 0 Å². The van der Waals surface area contributed by atoms with Crippen molar-refractivity contribution in [3.05, 3.63) is 71.0 Å². The third-order valence-corrected chi connectivity index (χ3v) is 9.19.